The number of phenols is 1. The van der Waals surface area contributed by atoms with Crippen LogP contribution in [0.15, 0.2) is 48.5 Å². The third-order valence-corrected chi connectivity index (χ3v) is 3.64. The predicted molar refractivity (Wildman–Crippen MR) is 83.8 cm³/mol. The van der Waals surface area contributed by atoms with E-state index in [1.54, 1.807) is 6.07 Å². The molecule has 0 saturated heterocycles. The number of fused-ring (bicyclic) bond motifs is 3. The van der Waals surface area contributed by atoms with Crippen LogP contribution in [-0.4, -0.2) is 22.2 Å². The summed E-state index contributed by atoms with van der Waals surface area (Å²) in [6, 6.07) is 14.6. The van der Waals surface area contributed by atoms with E-state index in [9.17, 15) is 9.90 Å². The van der Waals surface area contributed by atoms with Crippen molar-refractivity contribution in [1.29, 1.82) is 0 Å². The molecule has 0 amide bonds. The molecule has 4 nitrogen and oxygen atoms in total. The molecule has 3 rings (SSSR count). The van der Waals surface area contributed by atoms with Crippen LogP contribution in [-0.2, 0) is 4.79 Å². The molecular weight excluding hydrogens is 266 g/mol. The number of hydrogen-bond donors (Lipinski definition) is 3. The molecule has 0 radical (unpaired) electrons. The summed E-state index contributed by atoms with van der Waals surface area (Å²) >= 11 is 0. The van der Waals surface area contributed by atoms with Gasteiger partial charge in [-0.15, -0.1) is 0 Å². The molecule has 0 heterocycles. The molecular formula is C17H15NO3. The molecule has 0 spiro atoms. The van der Waals surface area contributed by atoms with Gasteiger partial charge in [-0.1, -0.05) is 36.4 Å². The van der Waals surface area contributed by atoms with E-state index in [-0.39, 0.29) is 5.75 Å². The summed E-state index contributed by atoms with van der Waals surface area (Å²) in [5.41, 5.74) is 0.424. The largest absolute Gasteiger partial charge is 0.505 e. The predicted octanol–water partition coefficient (Wildman–Crippen LogP) is 3.58. The smallest absolute Gasteiger partial charge is 0.325 e. The number of phenolic OH excluding ortho intramolecular Hbond substituents is 1. The summed E-state index contributed by atoms with van der Waals surface area (Å²) in [6.45, 7) is 1.53. The van der Waals surface area contributed by atoms with Gasteiger partial charge >= 0.3 is 5.97 Å². The highest BCUT2D eigenvalue weighted by Gasteiger charge is 2.14. The lowest BCUT2D eigenvalue weighted by molar-refractivity contribution is -0.137. The Morgan fingerprint density at radius 3 is 2.48 bits per heavy atom. The number of rotatable bonds is 3. The van der Waals surface area contributed by atoms with Crippen molar-refractivity contribution in [3.8, 4) is 5.75 Å². The number of benzene rings is 3. The van der Waals surface area contributed by atoms with Crippen LogP contribution in [0, 0.1) is 0 Å². The highest BCUT2D eigenvalue weighted by atomic mass is 16.4. The molecule has 0 bridgehead atoms. The normalized spacial score (nSPS) is 12.4. The quantitative estimate of drug-likeness (QED) is 0.507. The van der Waals surface area contributed by atoms with E-state index in [2.05, 4.69) is 5.32 Å². The number of carbonyl (C=O) groups is 1. The summed E-state index contributed by atoms with van der Waals surface area (Å²) < 4.78 is 0. The Kier molecular flexibility index (Phi) is 3.14. The topological polar surface area (TPSA) is 69.6 Å². The first-order valence-corrected chi connectivity index (χ1v) is 6.70. The van der Waals surface area contributed by atoms with Gasteiger partial charge in [0.15, 0.2) is 0 Å². The van der Waals surface area contributed by atoms with E-state index in [1.165, 1.54) is 6.92 Å². The average Bonchev–Trinajstić information content (AvgIpc) is 2.49. The minimum atomic E-state index is -0.965. The Labute approximate surface area is 121 Å². The van der Waals surface area contributed by atoms with Gasteiger partial charge in [-0.25, -0.2) is 0 Å². The lowest BCUT2D eigenvalue weighted by atomic mass is 10.0. The van der Waals surface area contributed by atoms with Gasteiger partial charge in [-0.2, -0.15) is 0 Å². The second-order valence-electron chi connectivity index (χ2n) is 5.05. The van der Waals surface area contributed by atoms with Crippen LogP contribution in [0.1, 0.15) is 6.92 Å². The molecule has 0 fully saturated rings. The molecule has 0 saturated carbocycles. The van der Waals surface area contributed by atoms with Crippen LogP contribution >= 0.6 is 0 Å². The molecule has 21 heavy (non-hydrogen) atoms. The maximum absolute atomic E-state index is 10.9. The molecule has 0 aliphatic rings. The molecule has 3 N–H and O–H groups in total. The zero-order chi connectivity index (χ0) is 15.0. The van der Waals surface area contributed by atoms with Crippen molar-refractivity contribution in [3.63, 3.8) is 0 Å². The van der Waals surface area contributed by atoms with Gasteiger partial charge in [-0.05, 0) is 35.2 Å². The Morgan fingerprint density at radius 2 is 1.71 bits per heavy atom. The lowest BCUT2D eigenvalue weighted by Crippen LogP contribution is -2.25. The molecule has 106 valence electrons. The first kappa shape index (κ1) is 13.2. The Hall–Kier alpha value is -2.75. The van der Waals surface area contributed by atoms with E-state index < -0.39 is 12.0 Å². The fourth-order valence-corrected chi connectivity index (χ4v) is 2.48. The summed E-state index contributed by atoms with van der Waals surface area (Å²) in [5.74, 6) is -0.889. The number of nitrogens with one attached hydrogen (secondary N) is 1. The maximum atomic E-state index is 10.9. The lowest BCUT2D eigenvalue weighted by Gasteiger charge is -2.14. The van der Waals surface area contributed by atoms with Gasteiger partial charge in [-0.3, -0.25) is 4.79 Å². The molecule has 1 atom stereocenters. The van der Waals surface area contributed by atoms with Crippen LogP contribution in [0.25, 0.3) is 21.5 Å². The summed E-state index contributed by atoms with van der Waals surface area (Å²) in [4.78, 5) is 10.9. The number of aromatic hydroxyl groups is 1. The highest BCUT2D eigenvalue weighted by Crippen LogP contribution is 2.36. The molecule has 3 aromatic carbocycles. The zero-order valence-corrected chi connectivity index (χ0v) is 11.5. The van der Waals surface area contributed by atoms with Crippen molar-refractivity contribution in [3.05, 3.63) is 48.5 Å². The van der Waals surface area contributed by atoms with Gasteiger partial charge in [0.25, 0.3) is 0 Å². The Morgan fingerprint density at radius 1 is 1.00 bits per heavy atom. The second-order valence-corrected chi connectivity index (χ2v) is 5.05. The average molecular weight is 281 g/mol. The molecule has 3 aromatic rings. The van der Waals surface area contributed by atoms with Gasteiger partial charge in [0, 0.05) is 5.39 Å². The van der Waals surface area contributed by atoms with Crippen molar-refractivity contribution < 1.29 is 15.0 Å². The first-order chi connectivity index (χ1) is 10.1. The standard InChI is InChI=1S/C17H15NO3/c1-10(17(20)21)18-15-9-8-13-12-5-3-2-4-11(12)6-7-14(13)16(15)19/h2-10,18-19H,1H3,(H,20,21)/t10-/m0/s1. The fourth-order valence-electron chi connectivity index (χ4n) is 2.48. The van der Waals surface area contributed by atoms with Crippen LogP contribution < -0.4 is 5.32 Å². The van der Waals surface area contributed by atoms with Crippen LogP contribution in [0.5, 0.6) is 5.75 Å². The molecule has 4 heteroatoms. The summed E-state index contributed by atoms with van der Waals surface area (Å²) in [6.07, 6.45) is 0. The molecule has 0 unspecified atom stereocenters. The first-order valence-electron chi connectivity index (χ1n) is 6.70. The minimum absolute atomic E-state index is 0.0753. The number of hydrogen-bond acceptors (Lipinski definition) is 3. The Bertz CT molecular complexity index is 842. The molecule has 0 aliphatic heterocycles. The molecule has 0 aromatic heterocycles. The van der Waals surface area contributed by atoms with Crippen LogP contribution in [0.2, 0.25) is 0 Å². The van der Waals surface area contributed by atoms with Gasteiger partial charge in [0.2, 0.25) is 0 Å². The number of aliphatic carboxylic acids is 1. The van der Waals surface area contributed by atoms with Crippen molar-refractivity contribution in [1.82, 2.24) is 0 Å². The maximum Gasteiger partial charge on any atom is 0.325 e. The van der Waals surface area contributed by atoms with Gasteiger partial charge < -0.3 is 15.5 Å². The zero-order valence-electron chi connectivity index (χ0n) is 11.5. The van der Waals surface area contributed by atoms with E-state index in [1.807, 2.05) is 42.5 Å². The fraction of sp³-hybridized carbons (Fsp3) is 0.118. The molecule has 0 aliphatic carbocycles. The number of carboxylic acid groups (broad SMARTS) is 1. The van der Waals surface area contributed by atoms with Crippen LogP contribution in [0.3, 0.4) is 0 Å². The van der Waals surface area contributed by atoms with Gasteiger partial charge in [0.1, 0.15) is 11.8 Å². The second kappa shape index (κ2) is 4.98. The van der Waals surface area contributed by atoms with Crippen molar-refractivity contribution >= 4 is 33.2 Å². The van der Waals surface area contributed by atoms with Crippen LogP contribution in [0.4, 0.5) is 5.69 Å². The number of anilines is 1. The van der Waals surface area contributed by atoms with Gasteiger partial charge in [0.05, 0.1) is 5.69 Å². The third kappa shape index (κ3) is 2.25. The summed E-state index contributed by atoms with van der Waals surface area (Å²) in [5, 5.41) is 25.9. The van der Waals surface area contributed by atoms with E-state index in [4.69, 9.17) is 5.11 Å². The van der Waals surface area contributed by atoms with Crippen molar-refractivity contribution in [2.75, 3.05) is 5.32 Å². The highest BCUT2D eigenvalue weighted by molar-refractivity contribution is 6.10. The van der Waals surface area contributed by atoms with Crippen molar-refractivity contribution in [2.24, 2.45) is 0 Å². The monoisotopic (exact) mass is 281 g/mol. The summed E-state index contributed by atoms with van der Waals surface area (Å²) in [7, 11) is 0. The van der Waals surface area contributed by atoms with E-state index >= 15 is 0 Å². The van der Waals surface area contributed by atoms with Crippen molar-refractivity contribution in [2.45, 2.75) is 13.0 Å². The van der Waals surface area contributed by atoms with E-state index in [0.717, 1.165) is 16.2 Å². The van der Waals surface area contributed by atoms with E-state index in [0.29, 0.717) is 11.1 Å². The Balaban J connectivity index is 2.17. The SMILES string of the molecule is C[C@H](Nc1ccc2c(ccc3ccccc32)c1O)C(=O)O. The minimum Gasteiger partial charge on any atom is -0.505 e. The third-order valence-electron chi connectivity index (χ3n) is 3.64. The number of carboxylic acids is 1.